The molecule has 10 aromatic rings. The molecule has 7 heteroatoms. The molecule has 0 N–H and O–H groups in total. The third kappa shape index (κ3) is 10.00. The number of fused-ring (bicyclic) bond motifs is 6. The van der Waals surface area contributed by atoms with E-state index in [0.29, 0.717) is 22.6 Å². The summed E-state index contributed by atoms with van der Waals surface area (Å²) < 4.78 is 45.4. The fraction of sp³-hybridized carbons (Fsp3) is 0.250. The molecule has 0 amide bonds. The Kier molecular flexibility index (Phi) is 12.4. The summed E-state index contributed by atoms with van der Waals surface area (Å²) in [6.07, 6.45) is -1.28. The molecular weight excluding hydrogens is 1060 g/mol. The maximum Gasteiger partial charge on any atom is 0.216 e. The van der Waals surface area contributed by atoms with Crippen molar-refractivity contribution in [2.45, 2.75) is 90.3 Å². The number of rotatable bonds is 9. The number of benzene rings is 6. The topological polar surface area (TPSA) is 56.7 Å². The first kappa shape index (κ1) is 42.7. The van der Waals surface area contributed by atoms with Gasteiger partial charge in [0.1, 0.15) is 0 Å². The Bertz CT molecular complexity index is 3510. The summed E-state index contributed by atoms with van der Waals surface area (Å²) in [6, 6.07) is 52.4. The summed E-state index contributed by atoms with van der Waals surface area (Å²) in [7, 11) is 0. The summed E-state index contributed by atoms with van der Waals surface area (Å²) in [6.45, 7) is 14.8. The Hall–Kier alpha value is -5.66. The van der Waals surface area contributed by atoms with E-state index < -0.39 is 31.4 Å². The summed E-state index contributed by atoms with van der Waals surface area (Å²) in [4.78, 5) is 14.7. The molecule has 10 rings (SSSR count). The van der Waals surface area contributed by atoms with Crippen LogP contribution in [-0.4, -0.2) is 32.8 Å². The predicted octanol–water partition coefficient (Wildman–Crippen LogP) is 15.5. The zero-order valence-corrected chi connectivity index (χ0v) is 44.5. The van der Waals surface area contributed by atoms with Crippen molar-refractivity contribution in [2.24, 2.45) is 5.41 Å². The minimum atomic E-state index is -2.24. The van der Waals surface area contributed by atoms with Crippen LogP contribution in [0.25, 0.3) is 72.2 Å². The molecule has 0 saturated carbocycles. The van der Waals surface area contributed by atoms with Crippen LogP contribution in [0.3, 0.4) is 0 Å². The van der Waals surface area contributed by atoms with Crippen molar-refractivity contribution in [3.63, 3.8) is 0 Å². The van der Waals surface area contributed by atoms with Crippen LogP contribution < -0.4 is 4.40 Å². The Morgan fingerprint density at radius 2 is 1.43 bits per heavy atom. The van der Waals surface area contributed by atoms with Crippen LogP contribution in [0.15, 0.2) is 150 Å². The molecular formula is C60H60GeIrN4O-2. The van der Waals surface area contributed by atoms with Crippen LogP contribution in [0.1, 0.15) is 93.7 Å². The molecule has 0 aliphatic rings. The second-order valence-electron chi connectivity index (χ2n) is 19.8. The van der Waals surface area contributed by atoms with Gasteiger partial charge >= 0.3 is 135 Å². The van der Waals surface area contributed by atoms with E-state index in [9.17, 15) is 0 Å². The number of hydrogen-bond donors (Lipinski definition) is 0. The number of furan rings is 1. The molecule has 1 radical (unpaired) electrons. The fourth-order valence-electron chi connectivity index (χ4n) is 8.78. The Balaban J connectivity index is 0.000000238. The number of para-hydroxylation sites is 1. The Labute approximate surface area is 418 Å². The van der Waals surface area contributed by atoms with Crippen molar-refractivity contribution >= 4 is 61.5 Å². The first-order valence-electron chi connectivity index (χ1n) is 25.0. The second kappa shape index (κ2) is 19.5. The molecule has 0 spiro atoms. The zero-order valence-electron chi connectivity index (χ0n) is 44.0. The van der Waals surface area contributed by atoms with Crippen LogP contribution >= 0.6 is 0 Å². The Morgan fingerprint density at radius 3 is 2.12 bits per heavy atom. The van der Waals surface area contributed by atoms with Gasteiger partial charge in [0.05, 0.1) is 22.4 Å². The molecule has 0 aliphatic carbocycles. The quantitative estimate of drug-likeness (QED) is 0.107. The molecule has 0 bridgehead atoms. The number of aromatic nitrogens is 4. The average Bonchev–Trinajstić information content (AvgIpc) is 3.92. The first-order chi connectivity index (χ1) is 33.2. The van der Waals surface area contributed by atoms with E-state index in [1.54, 1.807) is 18.2 Å². The zero-order chi connectivity index (χ0) is 49.9. The largest absolute Gasteiger partial charge is 0.486 e. The summed E-state index contributed by atoms with van der Waals surface area (Å²) in [5.74, 6) is 8.15. The molecule has 5 nitrogen and oxygen atoms in total. The van der Waals surface area contributed by atoms with Crippen molar-refractivity contribution < 1.29 is 30.0 Å². The van der Waals surface area contributed by atoms with Crippen molar-refractivity contribution in [2.75, 3.05) is 0 Å². The van der Waals surface area contributed by atoms with Crippen LogP contribution in [0.2, 0.25) is 17.3 Å². The van der Waals surface area contributed by atoms with Crippen LogP contribution in [0, 0.1) is 17.5 Å². The number of imidazole rings is 1. The molecule has 341 valence electrons. The van der Waals surface area contributed by atoms with Gasteiger partial charge in [-0.1, -0.05) is 118 Å². The van der Waals surface area contributed by atoms with E-state index in [4.69, 9.17) is 19.9 Å². The van der Waals surface area contributed by atoms with Gasteiger partial charge in [-0.2, -0.15) is 0 Å². The van der Waals surface area contributed by atoms with E-state index in [2.05, 4.69) is 121 Å². The summed E-state index contributed by atoms with van der Waals surface area (Å²) in [5, 5.41) is 3.98. The van der Waals surface area contributed by atoms with E-state index in [1.807, 2.05) is 93.7 Å². The van der Waals surface area contributed by atoms with Crippen molar-refractivity contribution in [3.8, 4) is 28.3 Å². The first-order valence-corrected chi connectivity index (χ1v) is 30.3. The molecule has 0 aliphatic heterocycles. The third-order valence-corrected chi connectivity index (χ3v) is 16.1. The van der Waals surface area contributed by atoms with Gasteiger partial charge in [0, 0.05) is 51.4 Å². The standard InChI is InChI=1S/C41H34N3O.C19H26GeN.Ir/c1-25(2)30-16-10-17-31(26(3)4)37(30)44-38-32-15-9-8-14-28(32)20-23-36(38)43-40(44)35-19-11-18-33-34-22-21-29(42-41(34)45-39(33)35)24-27-12-6-5-7-13-27;1-19(2,3)13-16-12-18(15-10-8-7-9-11-15)21-14-17(16)20(4,5)6;/h5-18,20-23,25-26H,24H2,1-4H3;7-10,12,14H,13H2,1-6H3;/q2*-1;/i24D2;13D2;. The normalized spacial score (nSPS) is 13.3. The van der Waals surface area contributed by atoms with Crippen molar-refractivity contribution in [1.82, 2.24) is 19.5 Å². The minimum absolute atomic E-state index is 0. The molecule has 4 heterocycles. The van der Waals surface area contributed by atoms with Gasteiger partial charge in [0.15, 0.2) is 0 Å². The minimum Gasteiger partial charge on any atom is -0.486 e. The number of hydrogen-bond acceptors (Lipinski definition) is 4. The maximum atomic E-state index is 8.90. The summed E-state index contributed by atoms with van der Waals surface area (Å²) in [5.41, 5.74) is 10.2. The van der Waals surface area contributed by atoms with Crippen molar-refractivity contribution in [1.29, 1.82) is 0 Å². The van der Waals surface area contributed by atoms with Gasteiger partial charge in [-0.05, 0) is 52.1 Å². The third-order valence-electron chi connectivity index (χ3n) is 11.9. The second-order valence-corrected chi connectivity index (χ2v) is 30.3. The van der Waals surface area contributed by atoms with E-state index in [1.165, 1.54) is 11.1 Å². The molecule has 6 aromatic carbocycles. The van der Waals surface area contributed by atoms with E-state index >= 15 is 0 Å². The predicted molar refractivity (Wildman–Crippen MR) is 280 cm³/mol. The van der Waals surface area contributed by atoms with Crippen LogP contribution in [0.4, 0.5) is 0 Å². The number of nitrogens with zero attached hydrogens (tertiary/aromatic N) is 4. The molecule has 67 heavy (non-hydrogen) atoms. The number of pyridine rings is 2. The monoisotopic (exact) mass is 1120 g/mol. The van der Waals surface area contributed by atoms with E-state index in [-0.39, 0.29) is 31.9 Å². The molecule has 0 atom stereocenters. The molecule has 0 fully saturated rings. The van der Waals surface area contributed by atoms with Gasteiger partial charge < -0.3 is 8.98 Å². The molecule has 0 unspecified atom stereocenters. The molecule has 0 saturated heterocycles. The van der Waals surface area contributed by atoms with E-state index in [0.717, 1.165) is 70.9 Å². The van der Waals surface area contributed by atoms with Gasteiger partial charge in [-0.3, -0.25) is 4.98 Å². The van der Waals surface area contributed by atoms with Crippen LogP contribution in [0.5, 0.6) is 0 Å². The fourth-order valence-corrected chi connectivity index (χ4v) is 11.7. The maximum absolute atomic E-state index is 8.90. The Morgan fingerprint density at radius 1 is 0.716 bits per heavy atom. The molecule has 4 aromatic heterocycles. The summed E-state index contributed by atoms with van der Waals surface area (Å²) >= 11 is -2.24. The SMILES string of the molecule is [2H]C([2H])(c1cc(-c2[c-]cccc2)nc[c]1[Ge]([CH3])([CH3])[CH3])C(C)(C)C.[2H]C([2H])(c1ccccc1)c1ccc2c(n1)oc1c(-c3nc4ccc5ccccc5c4n3-c3c(C(C)C)cccc3C(C)C)[c-]ccc12.[Ir]. The van der Waals surface area contributed by atoms with Crippen molar-refractivity contribution in [3.05, 3.63) is 186 Å². The van der Waals surface area contributed by atoms with Gasteiger partial charge in [0.25, 0.3) is 0 Å². The van der Waals surface area contributed by atoms with Gasteiger partial charge in [0.2, 0.25) is 5.71 Å². The van der Waals surface area contributed by atoms with Gasteiger partial charge in [-0.15, -0.1) is 18.2 Å². The average molecular weight is 1120 g/mol. The van der Waals surface area contributed by atoms with Gasteiger partial charge in [-0.25, -0.2) is 4.98 Å². The smallest absolute Gasteiger partial charge is 0.216 e. The van der Waals surface area contributed by atoms with Crippen LogP contribution in [-0.2, 0) is 32.9 Å².